The molecule has 2 fully saturated rings. The second-order valence-corrected chi connectivity index (χ2v) is 6.60. The highest BCUT2D eigenvalue weighted by atomic mass is 32.2. The summed E-state index contributed by atoms with van der Waals surface area (Å²) in [6.45, 7) is 0. The summed E-state index contributed by atoms with van der Waals surface area (Å²) < 4.78 is 0. The first-order valence-corrected chi connectivity index (χ1v) is 7.90. The molecule has 1 saturated carbocycles. The average molecular weight is 271 g/mol. The molecule has 4 nitrogen and oxygen atoms in total. The van der Waals surface area contributed by atoms with E-state index in [-0.39, 0.29) is 17.9 Å². The van der Waals surface area contributed by atoms with Gasteiger partial charge in [0.15, 0.2) is 0 Å². The predicted octanol–water partition coefficient (Wildman–Crippen LogP) is 1.89. The van der Waals surface area contributed by atoms with Crippen LogP contribution in [-0.4, -0.2) is 34.5 Å². The van der Waals surface area contributed by atoms with E-state index in [1.54, 1.807) is 0 Å². The lowest BCUT2D eigenvalue weighted by molar-refractivity contribution is -0.141. The van der Waals surface area contributed by atoms with Gasteiger partial charge in [-0.2, -0.15) is 11.8 Å². The minimum atomic E-state index is -0.726. The molecule has 1 aliphatic heterocycles. The smallest absolute Gasteiger partial charge is 0.306 e. The third kappa shape index (κ3) is 3.90. The van der Waals surface area contributed by atoms with Crippen molar-refractivity contribution < 1.29 is 14.7 Å². The van der Waals surface area contributed by atoms with Crippen molar-refractivity contribution in [2.45, 2.75) is 44.6 Å². The molecule has 0 unspecified atom stereocenters. The molecular weight excluding hydrogens is 250 g/mol. The van der Waals surface area contributed by atoms with Gasteiger partial charge < -0.3 is 10.4 Å². The van der Waals surface area contributed by atoms with Gasteiger partial charge in [0.05, 0.1) is 5.92 Å². The number of hydrogen-bond donors (Lipinski definition) is 2. The Morgan fingerprint density at radius 1 is 1.17 bits per heavy atom. The van der Waals surface area contributed by atoms with Crippen molar-refractivity contribution in [1.82, 2.24) is 5.32 Å². The van der Waals surface area contributed by atoms with Crippen molar-refractivity contribution in [2.24, 2.45) is 11.8 Å². The third-order valence-corrected chi connectivity index (χ3v) is 5.01. The van der Waals surface area contributed by atoms with Crippen LogP contribution in [0.15, 0.2) is 0 Å². The Morgan fingerprint density at radius 3 is 2.50 bits per heavy atom. The number of carbonyl (C=O) groups is 2. The number of nitrogens with one attached hydrogen (secondary N) is 1. The van der Waals surface area contributed by atoms with Gasteiger partial charge in [0, 0.05) is 12.5 Å². The molecule has 0 spiro atoms. The average Bonchev–Trinajstić information content (AvgIpc) is 2.78. The van der Waals surface area contributed by atoms with E-state index in [1.807, 2.05) is 11.8 Å². The van der Waals surface area contributed by atoms with Crippen LogP contribution in [0.25, 0.3) is 0 Å². The first kappa shape index (κ1) is 13.7. The normalized spacial score (nSPS) is 29.1. The van der Waals surface area contributed by atoms with E-state index in [9.17, 15) is 9.59 Å². The van der Waals surface area contributed by atoms with Gasteiger partial charge >= 0.3 is 5.97 Å². The monoisotopic (exact) mass is 271 g/mol. The molecule has 0 aromatic heterocycles. The molecule has 0 bridgehead atoms. The van der Waals surface area contributed by atoms with E-state index >= 15 is 0 Å². The van der Waals surface area contributed by atoms with E-state index in [4.69, 9.17) is 5.11 Å². The Hall–Kier alpha value is -0.710. The molecule has 2 atom stereocenters. The number of amides is 1. The summed E-state index contributed by atoms with van der Waals surface area (Å²) in [5.74, 6) is 1.99. The molecule has 2 N–H and O–H groups in total. The Bertz CT molecular complexity index is 315. The fourth-order valence-corrected chi connectivity index (χ4v) is 4.04. The van der Waals surface area contributed by atoms with Crippen LogP contribution in [0.1, 0.15) is 38.5 Å². The van der Waals surface area contributed by atoms with Crippen molar-refractivity contribution in [2.75, 3.05) is 11.5 Å². The number of carboxylic acid groups (broad SMARTS) is 1. The standard InChI is InChI=1S/C13H21NO3S/c15-12(7-9-3-5-18-6-4-9)14-11-2-1-10(8-11)13(16)17/h9-11H,1-8H2,(H,14,15)(H,16,17)/t10-,11+/m1/s1. The van der Waals surface area contributed by atoms with Crippen molar-refractivity contribution in [3.63, 3.8) is 0 Å². The molecule has 0 aromatic carbocycles. The van der Waals surface area contributed by atoms with Gasteiger partial charge in [-0.3, -0.25) is 9.59 Å². The van der Waals surface area contributed by atoms with E-state index < -0.39 is 5.97 Å². The molecule has 0 radical (unpaired) electrons. The van der Waals surface area contributed by atoms with E-state index in [0.29, 0.717) is 25.2 Å². The lowest BCUT2D eigenvalue weighted by Crippen LogP contribution is -2.34. The molecule has 1 heterocycles. The van der Waals surface area contributed by atoms with Crippen molar-refractivity contribution in [1.29, 1.82) is 0 Å². The Balaban J connectivity index is 1.69. The molecule has 2 aliphatic rings. The zero-order valence-electron chi connectivity index (χ0n) is 10.6. The predicted molar refractivity (Wildman–Crippen MR) is 71.6 cm³/mol. The number of rotatable bonds is 4. The number of hydrogen-bond acceptors (Lipinski definition) is 3. The molecular formula is C13H21NO3S. The summed E-state index contributed by atoms with van der Waals surface area (Å²) in [6, 6.07) is 0.0802. The summed E-state index contributed by atoms with van der Waals surface area (Å²) in [6.07, 6.45) is 5.00. The molecule has 1 amide bonds. The number of carboxylic acids is 1. The SMILES string of the molecule is O=C(CC1CCSCC1)N[C@H]1CC[C@@H](C(=O)O)C1. The summed E-state index contributed by atoms with van der Waals surface area (Å²) in [4.78, 5) is 22.7. The number of carbonyl (C=O) groups excluding carboxylic acids is 1. The maximum Gasteiger partial charge on any atom is 0.306 e. The van der Waals surface area contributed by atoms with E-state index in [2.05, 4.69) is 5.32 Å². The topological polar surface area (TPSA) is 66.4 Å². The van der Waals surface area contributed by atoms with Crippen molar-refractivity contribution in [3.05, 3.63) is 0 Å². The summed E-state index contributed by atoms with van der Waals surface area (Å²) in [5.41, 5.74) is 0. The minimum Gasteiger partial charge on any atom is -0.481 e. The highest BCUT2D eigenvalue weighted by Gasteiger charge is 2.30. The molecule has 5 heteroatoms. The van der Waals surface area contributed by atoms with Gasteiger partial charge in [-0.25, -0.2) is 0 Å². The Labute approximate surface area is 112 Å². The molecule has 0 aromatic rings. The van der Waals surface area contributed by atoms with Gasteiger partial charge in [0.25, 0.3) is 0 Å². The third-order valence-electron chi connectivity index (χ3n) is 3.96. The van der Waals surface area contributed by atoms with Crippen LogP contribution in [0.4, 0.5) is 0 Å². The van der Waals surface area contributed by atoms with Crippen LogP contribution in [0.5, 0.6) is 0 Å². The van der Waals surface area contributed by atoms with Gasteiger partial charge in [-0.05, 0) is 49.5 Å². The van der Waals surface area contributed by atoms with E-state index in [1.165, 1.54) is 11.5 Å². The summed E-state index contributed by atoms with van der Waals surface area (Å²) in [7, 11) is 0. The van der Waals surface area contributed by atoms with Crippen LogP contribution < -0.4 is 5.32 Å². The lowest BCUT2D eigenvalue weighted by atomic mass is 9.98. The molecule has 1 aliphatic carbocycles. The molecule has 2 rings (SSSR count). The zero-order chi connectivity index (χ0) is 13.0. The Kier molecular flexibility index (Phi) is 4.92. The fraction of sp³-hybridized carbons (Fsp3) is 0.846. The lowest BCUT2D eigenvalue weighted by Gasteiger charge is -2.21. The first-order chi connectivity index (χ1) is 8.65. The van der Waals surface area contributed by atoms with Gasteiger partial charge in [0.2, 0.25) is 5.91 Å². The minimum absolute atomic E-state index is 0.0802. The Morgan fingerprint density at radius 2 is 1.89 bits per heavy atom. The summed E-state index contributed by atoms with van der Waals surface area (Å²) in [5, 5.41) is 11.9. The van der Waals surface area contributed by atoms with Crippen LogP contribution in [-0.2, 0) is 9.59 Å². The summed E-state index contributed by atoms with van der Waals surface area (Å²) >= 11 is 1.97. The van der Waals surface area contributed by atoms with Gasteiger partial charge in [-0.15, -0.1) is 0 Å². The first-order valence-electron chi connectivity index (χ1n) is 6.75. The number of aliphatic carboxylic acids is 1. The highest BCUT2D eigenvalue weighted by molar-refractivity contribution is 7.99. The number of thioether (sulfide) groups is 1. The molecule has 18 heavy (non-hydrogen) atoms. The zero-order valence-corrected chi connectivity index (χ0v) is 11.4. The van der Waals surface area contributed by atoms with E-state index in [0.717, 1.165) is 19.3 Å². The van der Waals surface area contributed by atoms with Gasteiger partial charge in [-0.1, -0.05) is 0 Å². The second-order valence-electron chi connectivity index (χ2n) is 5.37. The van der Waals surface area contributed by atoms with Crippen LogP contribution >= 0.6 is 11.8 Å². The highest BCUT2D eigenvalue weighted by Crippen LogP contribution is 2.27. The van der Waals surface area contributed by atoms with Crippen LogP contribution in [0, 0.1) is 11.8 Å². The van der Waals surface area contributed by atoms with Gasteiger partial charge in [0.1, 0.15) is 0 Å². The van der Waals surface area contributed by atoms with Crippen LogP contribution in [0.3, 0.4) is 0 Å². The maximum absolute atomic E-state index is 11.9. The second kappa shape index (κ2) is 6.45. The maximum atomic E-state index is 11.9. The quantitative estimate of drug-likeness (QED) is 0.819. The molecule has 1 saturated heterocycles. The van der Waals surface area contributed by atoms with Crippen LogP contribution in [0.2, 0.25) is 0 Å². The fourth-order valence-electron chi connectivity index (χ4n) is 2.84. The van der Waals surface area contributed by atoms with Crippen molar-refractivity contribution in [3.8, 4) is 0 Å². The van der Waals surface area contributed by atoms with Crippen molar-refractivity contribution >= 4 is 23.6 Å². The largest absolute Gasteiger partial charge is 0.481 e. The molecule has 102 valence electrons.